The zero-order valence-corrected chi connectivity index (χ0v) is 12.9. The van der Waals surface area contributed by atoms with Crippen LogP contribution in [-0.2, 0) is 6.54 Å². The van der Waals surface area contributed by atoms with E-state index in [2.05, 4.69) is 49.4 Å². The number of hydrogen-bond donors (Lipinski definition) is 2. The number of fused-ring (bicyclic) bond motifs is 1. The monoisotopic (exact) mass is 273 g/mol. The highest BCUT2D eigenvalue weighted by Crippen LogP contribution is 2.24. The number of nitrogens with zero attached hydrogens (tertiary/aromatic N) is 1. The van der Waals surface area contributed by atoms with Crippen molar-refractivity contribution in [2.45, 2.75) is 39.8 Å². The summed E-state index contributed by atoms with van der Waals surface area (Å²) in [6.07, 6.45) is 0. The number of furan rings is 1. The van der Waals surface area contributed by atoms with Gasteiger partial charge in [0, 0.05) is 23.5 Å². The molecule has 4 heteroatoms. The Morgan fingerprint density at radius 2 is 1.95 bits per heavy atom. The van der Waals surface area contributed by atoms with Crippen molar-refractivity contribution in [1.82, 2.24) is 10.6 Å². The maximum atomic E-state index is 5.88. The molecule has 108 valence electrons. The third-order valence-corrected chi connectivity index (χ3v) is 3.08. The highest BCUT2D eigenvalue weighted by molar-refractivity contribution is 5.83. The maximum absolute atomic E-state index is 5.88. The third-order valence-electron chi connectivity index (χ3n) is 3.08. The summed E-state index contributed by atoms with van der Waals surface area (Å²) in [6, 6.07) is 8.10. The quantitative estimate of drug-likeness (QED) is 0.652. The molecule has 0 unspecified atom stereocenters. The minimum Gasteiger partial charge on any atom is -0.459 e. The Morgan fingerprint density at radius 3 is 2.55 bits per heavy atom. The van der Waals surface area contributed by atoms with E-state index in [-0.39, 0.29) is 5.54 Å². The Kier molecular flexibility index (Phi) is 4.02. The molecule has 0 aliphatic heterocycles. The molecule has 0 saturated heterocycles. The molecular weight excluding hydrogens is 250 g/mol. The van der Waals surface area contributed by atoms with E-state index in [1.54, 1.807) is 7.05 Å². The van der Waals surface area contributed by atoms with Gasteiger partial charge in [0.05, 0.1) is 6.54 Å². The number of aliphatic imine (C=N–C) groups is 1. The van der Waals surface area contributed by atoms with E-state index < -0.39 is 0 Å². The van der Waals surface area contributed by atoms with Crippen LogP contribution in [0.15, 0.2) is 33.7 Å². The summed E-state index contributed by atoms with van der Waals surface area (Å²) >= 11 is 0. The van der Waals surface area contributed by atoms with Gasteiger partial charge >= 0.3 is 0 Å². The van der Waals surface area contributed by atoms with Crippen LogP contribution in [0.25, 0.3) is 11.0 Å². The van der Waals surface area contributed by atoms with Gasteiger partial charge in [0.2, 0.25) is 0 Å². The molecule has 1 aromatic carbocycles. The van der Waals surface area contributed by atoms with Crippen LogP contribution in [0.2, 0.25) is 0 Å². The molecule has 0 saturated carbocycles. The molecule has 4 nitrogen and oxygen atoms in total. The van der Waals surface area contributed by atoms with Gasteiger partial charge in [0.1, 0.15) is 11.3 Å². The summed E-state index contributed by atoms with van der Waals surface area (Å²) in [6.45, 7) is 9.02. The summed E-state index contributed by atoms with van der Waals surface area (Å²) in [4.78, 5) is 4.22. The van der Waals surface area contributed by atoms with E-state index in [0.717, 1.165) is 17.3 Å². The van der Waals surface area contributed by atoms with Crippen molar-refractivity contribution in [2.24, 2.45) is 4.99 Å². The van der Waals surface area contributed by atoms with Crippen LogP contribution in [0, 0.1) is 6.92 Å². The fourth-order valence-electron chi connectivity index (χ4n) is 2.09. The first-order valence-electron chi connectivity index (χ1n) is 6.86. The zero-order chi connectivity index (χ0) is 14.8. The van der Waals surface area contributed by atoms with Gasteiger partial charge in [-0.15, -0.1) is 0 Å². The van der Waals surface area contributed by atoms with Crippen LogP contribution >= 0.6 is 0 Å². The summed E-state index contributed by atoms with van der Waals surface area (Å²) < 4.78 is 5.88. The van der Waals surface area contributed by atoms with Crippen molar-refractivity contribution in [3.05, 3.63) is 35.6 Å². The molecule has 0 aliphatic rings. The number of rotatable bonds is 2. The molecule has 2 rings (SSSR count). The second-order valence-corrected chi connectivity index (χ2v) is 5.95. The molecule has 2 aromatic rings. The minimum absolute atomic E-state index is 0.0231. The van der Waals surface area contributed by atoms with Crippen LogP contribution in [0.1, 0.15) is 32.1 Å². The molecule has 0 radical (unpaired) electrons. The number of para-hydroxylation sites is 1. The summed E-state index contributed by atoms with van der Waals surface area (Å²) in [5.74, 6) is 1.72. The largest absolute Gasteiger partial charge is 0.459 e. The first-order chi connectivity index (χ1) is 9.40. The fourth-order valence-corrected chi connectivity index (χ4v) is 2.09. The molecule has 0 fully saturated rings. The van der Waals surface area contributed by atoms with Gasteiger partial charge in [-0.2, -0.15) is 0 Å². The number of benzene rings is 1. The van der Waals surface area contributed by atoms with Gasteiger partial charge < -0.3 is 15.1 Å². The van der Waals surface area contributed by atoms with Crippen LogP contribution < -0.4 is 10.6 Å². The Balaban J connectivity index is 2.11. The first-order valence-corrected chi connectivity index (χ1v) is 6.86. The van der Waals surface area contributed by atoms with Gasteiger partial charge in [0.15, 0.2) is 5.96 Å². The summed E-state index contributed by atoms with van der Waals surface area (Å²) in [5.41, 5.74) is 2.09. The zero-order valence-electron chi connectivity index (χ0n) is 12.9. The van der Waals surface area contributed by atoms with Crippen LogP contribution in [-0.4, -0.2) is 18.5 Å². The van der Waals surface area contributed by atoms with Crippen molar-refractivity contribution in [1.29, 1.82) is 0 Å². The standard InChI is InChI=1S/C16H23N3O/c1-11-12-8-6-7-9-13(12)20-14(11)10-18-15(17-5)19-16(2,3)4/h6-9H,10H2,1-5H3,(H2,17,18,19). The van der Waals surface area contributed by atoms with Crippen molar-refractivity contribution < 1.29 is 4.42 Å². The lowest BCUT2D eigenvalue weighted by Gasteiger charge is -2.23. The Labute approximate surface area is 120 Å². The van der Waals surface area contributed by atoms with Crippen LogP contribution in [0.3, 0.4) is 0 Å². The van der Waals surface area contributed by atoms with Crippen LogP contribution in [0.5, 0.6) is 0 Å². The molecule has 0 bridgehead atoms. The second-order valence-electron chi connectivity index (χ2n) is 5.95. The number of nitrogens with one attached hydrogen (secondary N) is 2. The van der Waals surface area contributed by atoms with Crippen molar-refractivity contribution in [3.63, 3.8) is 0 Å². The predicted octanol–water partition coefficient (Wildman–Crippen LogP) is 3.20. The minimum atomic E-state index is -0.0231. The number of hydrogen-bond acceptors (Lipinski definition) is 2. The van der Waals surface area contributed by atoms with E-state index in [1.807, 2.05) is 18.2 Å². The van der Waals surface area contributed by atoms with Gasteiger partial charge in [-0.3, -0.25) is 4.99 Å². The van der Waals surface area contributed by atoms with Gasteiger partial charge in [-0.1, -0.05) is 18.2 Å². The summed E-state index contributed by atoms with van der Waals surface area (Å²) in [5, 5.41) is 7.79. The molecule has 0 aliphatic carbocycles. The highest BCUT2D eigenvalue weighted by Gasteiger charge is 2.13. The molecule has 1 aromatic heterocycles. The van der Waals surface area contributed by atoms with Crippen molar-refractivity contribution >= 4 is 16.9 Å². The predicted molar refractivity (Wildman–Crippen MR) is 84.0 cm³/mol. The molecular formula is C16H23N3O. The molecule has 0 spiro atoms. The van der Waals surface area contributed by atoms with E-state index in [4.69, 9.17) is 4.42 Å². The Bertz CT molecular complexity index is 620. The average Bonchev–Trinajstić information content (AvgIpc) is 2.71. The third kappa shape index (κ3) is 3.32. The smallest absolute Gasteiger partial charge is 0.191 e. The molecule has 20 heavy (non-hydrogen) atoms. The second kappa shape index (κ2) is 5.57. The lowest BCUT2D eigenvalue weighted by Crippen LogP contribution is -2.47. The van der Waals surface area contributed by atoms with E-state index in [0.29, 0.717) is 6.54 Å². The molecule has 0 amide bonds. The molecule has 1 heterocycles. The summed E-state index contributed by atoms with van der Waals surface area (Å²) in [7, 11) is 1.77. The Hall–Kier alpha value is -1.97. The average molecular weight is 273 g/mol. The maximum Gasteiger partial charge on any atom is 0.191 e. The lowest BCUT2D eigenvalue weighted by molar-refractivity contribution is 0.492. The first kappa shape index (κ1) is 14.4. The van der Waals surface area contributed by atoms with Gasteiger partial charge in [-0.25, -0.2) is 0 Å². The SMILES string of the molecule is CN=C(NCc1oc2ccccc2c1C)NC(C)(C)C. The normalized spacial score (nSPS) is 12.8. The van der Waals surface area contributed by atoms with E-state index in [9.17, 15) is 0 Å². The molecule has 2 N–H and O–H groups in total. The topological polar surface area (TPSA) is 49.6 Å². The Morgan fingerprint density at radius 1 is 1.25 bits per heavy atom. The fraction of sp³-hybridized carbons (Fsp3) is 0.438. The van der Waals surface area contributed by atoms with Crippen LogP contribution in [0.4, 0.5) is 0 Å². The number of guanidine groups is 1. The van der Waals surface area contributed by atoms with Gasteiger partial charge in [0.25, 0.3) is 0 Å². The van der Waals surface area contributed by atoms with Gasteiger partial charge in [-0.05, 0) is 33.8 Å². The lowest BCUT2D eigenvalue weighted by atomic mass is 10.1. The van der Waals surface area contributed by atoms with E-state index in [1.165, 1.54) is 10.9 Å². The van der Waals surface area contributed by atoms with E-state index >= 15 is 0 Å². The van der Waals surface area contributed by atoms with Crippen molar-refractivity contribution in [3.8, 4) is 0 Å². The molecule has 0 atom stereocenters. The highest BCUT2D eigenvalue weighted by atomic mass is 16.3. The number of aryl methyl sites for hydroxylation is 1. The van der Waals surface area contributed by atoms with Crippen molar-refractivity contribution in [2.75, 3.05) is 7.05 Å².